The molecule has 6 rings (SSSR count). The molecule has 0 saturated carbocycles. The van der Waals surface area contributed by atoms with Crippen LogP contribution in [0.2, 0.25) is 10.0 Å². The average molecular weight is 795 g/mol. The van der Waals surface area contributed by atoms with Crippen molar-refractivity contribution in [2.45, 2.75) is 28.5 Å². The molecule has 16 heteroatoms. The fourth-order valence-corrected chi connectivity index (χ4v) is 7.19. The number of anilines is 3. The summed E-state index contributed by atoms with van der Waals surface area (Å²) in [5.74, 6) is 0.363. The molecule has 0 bridgehead atoms. The number of β-amino-alcohol motifs (C(OH)–C–C–N with tert-alkyl or cyclic N) is 1. The van der Waals surface area contributed by atoms with Gasteiger partial charge in [0.1, 0.15) is 24.2 Å². The van der Waals surface area contributed by atoms with E-state index < -0.39 is 18.0 Å². The SMILES string of the molecule is OC(CNCCNc1nccc(C(F)(F)F)n1)COc1ccc(Cl)c(Cl)c1.OCCN1CCN(CCCN2c3ccccc3Sc3ccccc32)CC1. The number of hydrogen-bond acceptors (Lipinski definition) is 11. The number of alkyl halides is 3. The summed E-state index contributed by atoms with van der Waals surface area (Å²) in [6.45, 7) is 8.57. The molecule has 1 unspecified atom stereocenters. The first-order valence-electron chi connectivity index (χ1n) is 17.4. The van der Waals surface area contributed by atoms with Crippen LogP contribution in [0.1, 0.15) is 12.1 Å². The lowest BCUT2D eigenvalue weighted by molar-refractivity contribution is -0.141. The molecule has 4 aromatic rings. The third-order valence-electron chi connectivity index (χ3n) is 8.51. The Hall–Kier alpha value is -3.34. The van der Waals surface area contributed by atoms with Crippen molar-refractivity contribution in [2.24, 2.45) is 0 Å². The number of piperazine rings is 1. The highest BCUT2D eigenvalue weighted by Crippen LogP contribution is 2.47. The quantitative estimate of drug-likeness (QED) is 0.0988. The van der Waals surface area contributed by atoms with Crippen LogP contribution in [0.4, 0.5) is 30.5 Å². The molecule has 286 valence electrons. The number of nitrogens with one attached hydrogen (secondary N) is 2. The monoisotopic (exact) mass is 793 g/mol. The zero-order valence-electron chi connectivity index (χ0n) is 29.1. The maximum absolute atomic E-state index is 12.6. The molecule has 53 heavy (non-hydrogen) atoms. The Morgan fingerprint density at radius 2 is 1.51 bits per heavy atom. The van der Waals surface area contributed by atoms with Gasteiger partial charge in [0.25, 0.3) is 0 Å². The van der Waals surface area contributed by atoms with Crippen LogP contribution in [0.3, 0.4) is 0 Å². The lowest BCUT2D eigenvalue weighted by atomic mass is 10.2. The number of aliphatic hydroxyl groups excluding tert-OH is 2. The Kier molecular flexibility index (Phi) is 15.7. The van der Waals surface area contributed by atoms with Crippen molar-refractivity contribution in [3.63, 3.8) is 0 Å². The number of rotatable bonds is 15. The Morgan fingerprint density at radius 3 is 2.15 bits per heavy atom. The Labute approximate surface area is 322 Å². The maximum Gasteiger partial charge on any atom is 0.433 e. The van der Waals surface area contributed by atoms with Gasteiger partial charge in [0.2, 0.25) is 5.95 Å². The number of aromatic nitrogens is 2. The normalized spacial score (nSPS) is 15.2. The van der Waals surface area contributed by atoms with Crippen molar-refractivity contribution in [3.8, 4) is 5.75 Å². The van der Waals surface area contributed by atoms with Gasteiger partial charge in [0.05, 0.1) is 28.0 Å². The molecule has 4 N–H and O–H groups in total. The number of aliphatic hydroxyl groups is 2. The van der Waals surface area contributed by atoms with Crippen LogP contribution in [0, 0.1) is 0 Å². The van der Waals surface area contributed by atoms with Crippen LogP contribution >= 0.6 is 35.0 Å². The van der Waals surface area contributed by atoms with Crippen LogP contribution in [-0.4, -0.2) is 115 Å². The molecule has 10 nitrogen and oxygen atoms in total. The van der Waals surface area contributed by atoms with E-state index in [9.17, 15) is 18.3 Å². The topological polar surface area (TPSA) is 109 Å². The third kappa shape index (κ3) is 12.6. The summed E-state index contributed by atoms with van der Waals surface area (Å²) in [4.78, 5) is 17.2. The van der Waals surface area contributed by atoms with E-state index in [1.165, 1.54) is 21.2 Å². The van der Waals surface area contributed by atoms with Gasteiger partial charge in [-0.25, -0.2) is 9.97 Å². The highest BCUT2D eigenvalue weighted by atomic mass is 35.5. The molecule has 1 aromatic heterocycles. The van der Waals surface area contributed by atoms with Crippen molar-refractivity contribution in [1.29, 1.82) is 0 Å². The molecule has 2 aliphatic heterocycles. The number of para-hydroxylation sites is 2. The second kappa shape index (κ2) is 20.4. The highest BCUT2D eigenvalue weighted by Gasteiger charge is 2.32. The van der Waals surface area contributed by atoms with Crippen LogP contribution in [0.5, 0.6) is 5.75 Å². The van der Waals surface area contributed by atoms with Gasteiger partial charge in [-0.05, 0) is 55.4 Å². The second-order valence-electron chi connectivity index (χ2n) is 12.4. The van der Waals surface area contributed by atoms with E-state index in [0.29, 0.717) is 22.3 Å². The number of benzene rings is 3. The first-order valence-corrected chi connectivity index (χ1v) is 19.0. The molecule has 1 atom stereocenters. The number of hydrogen-bond donors (Lipinski definition) is 4. The minimum absolute atomic E-state index is 0.0368. The number of fused-ring (bicyclic) bond motifs is 2. The molecule has 0 radical (unpaired) electrons. The summed E-state index contributed by atoms with van der Waals surface area (Å²) in [6, 6.07) is 23.0. The standard InChI is InChI=1S/C21H27N3OS.C16H17Cl2F3N4O2/c25-17-16-23-14-12-22(13-15-23)10-5-11-24-18-6-1-3-8-20(18)26-21-9-4-2-7-19(21)24;17-12-2-1-11(7-13(12)18)27-9-10(26)8-22-5-6-24-15-23-4-3-14(25-15)16(19,20)21/h1-4,6-9,25H,5,10-17H2;1-4,7,10,22,26H,5-6,8-9H2,(H,23,24,25). The molecule has 0 spiro atoms. The van der Waals surface area contributed by atoms with Crippen molar-refractivity contribution in [3.05, 3.63) is 94.7 Å². The van der Waals surface area contributed by atoms with Crippen LogP contribution < -0.4 is 20.3 Å². The van der Waals surface area contributed by atoms with Gasteiger partial charge in [-0.15, -0.1) is 0 Å². The summed E-state index contributed by atoms with van der Waals surface area (Å²) in [7, 11) is 0. The molecule has 1 fully saturated rings. The van der Waals surface area contributed by atoms with Gasteiger partial charge in [-0.1, -0.05) is 59.2 Å². The van der Waals surface area contributed by atoms with Crippen molar-refractivity contribution in [1.82, 2.24) is 25.1 Å². The van der Waals surface area contributed by atoms with Crippen LogP contribution in [0.25, 0.3) is 0 Å². The van der Waals surface area contributed by atoms with Gasteiger partial charge < -0.3 is 35.4 Å². The van der Waals surface area contributed by atoms with Gasteiger partial charge in [-0.2, -0.15) is 13.2 Å². The largest absolute Gasteiger partial charge is 0.491 e. The lowest BCUT2D eigenvalue weighted by Crippen LogP contribution is -2.47. The van der Waals surface area contributed by atoms with Gasteiger partial charge in [0, 0.05) is 81.0 Å². The summed E-state index contributed by atoms with van der Waals surface area (Å²) in [5.41, 5.74) is 1.66. The molecule has 3 heterocycles. The van der Waals surface area contributed by atoms with E-state index in [4.69, 9.17) is 33.0 Å². The minimum Gasteiger partial charge on any atom is -0.491 e. The van der Waals surface area contributed by atoms with E-state index in [2.05, 4.69) is 83.8 Å². The summed E-state index contributed by atoms with van der Waals surface area (Å²) in [5, 5.41) is 25.3. The predicted octanol–water partition coefficient (Wildman–Crippen LogP) is 6.53. The van der Waals surface area contributed by atoms with Gasteiger partial charge in [0.15, 0.2) is 0 Å². The molecular weight excluding hydrogens is 750 g/mol. The lowest BCUT2D eigenvalue weighted by Gasteiger charge is -2.36. The first-order chi connectivity index (χ1) is 25.6. The molecular formula is C37H44Cl2F3N7O3S. The number of ether oxygens (including phenoxy) is 1. The third-order valence-corrected chi connectivity index (χ3v) is 10.4. The maximum atomic E-state index is 12.6. The van der Waals surface area contributed by atoms with E-state index in [1.54, 1.807) is 18.2 Å². The van der Waals surface area contributed by atoms with Crippen LogP contribution in [-0.2, 0) is 6.18 Å². The Morgan fingerprint density at radius 1 is 0.849 bits per heavy atom. The van der Waals surface area contributed by atoms with Crippen molar-refractivity contribution >= 4 is 52.3 Å². The average Bonchev–Trinajstić information content (AvgIpc) is 3.16. The summed E-state index contributed by atoms with van der Waals surface area (Å²) >= 11 is 13.5. The van der Waals surface area contributed by atoms with Crippen molar-refractivity contribution in [2.75, 3.05) is 88.9 Å². The summed E-state index contributed by atoms with van der Waals surface area (Å²) in [6.07, 6.45) is -3.11. The molecule has 1 saturated heterocycles. The highest BCUT2D eigenvalue weighted by molar-refractivity contribution is 7.99. The van der Waals surface area contributed by atoms with Gasteiger partial charge >= 0.3 is 6.18 Å². The Bertz CT molecular complexity index is 1690. The molecule has 2 aliphatic rings. The molecule has 0 amide bonds. The Balaban J connectivity index is 0.000000204. The van der Waals surface area contributed by atoms with E-state index in [-0.39, 0.29) is 32.3 Å². The van der Waals surface area contributed by atoms with E-state index >= 15 is 0 Å². The molecule has 0 aliphatic carbocycles. The summed E-state index contributed by atoms with van der Waals surface area (Å²) < 4.78 is 43.1. The van der Waals surface area contributed by atoms with Gasteiger partial charge in [-0.3, -0.25) is 4.90 Å². The fraction of sp³-hybridized carbons (Fsp3) is 0.405. The number of halogens is 5. The zero-order chi connectivity index (χ0) is 37.6. The van der Waals surface area contributed by atoms with Crippen molar-refractivity contribution < 1.29 is 28.1 Å². The van der Waals surface area contributed by atoms with E-state index in [1.807, 2.05) is 11.8 Å². The number of nitrogens with zero attached hydrogens (tertiary/aromatic N) is 5. The fourth-order valence-electron chi connectivity index (χ4n) is 5.80. The predicted molar refractivity (Wildman–Crippen MR) is 205 cm³/mol. The smallest absolute Gasteiger partial charge is 0.433 e. The second-order valence-corrected chi connectivity index (χ2v) is 14.3. The van der Waals surface area contributed by atoms with E-state index in [0.717, 1.165) is 64.5 Å². The van der Waals surface area contributed by atoms with Crippen LogP contribution in [0.15, 0.2) is 88.8 Å². The first kappa shape index (κ1) is 40.8. The minimum atomic E-state index is -4.52. The molecule has 3 aromatic carbocycles. The zero-order valence-corrected chi connectivity index (χ0v) is 31.4.